The first-order valence-corrected chi connectivity index (χ1v) is 8.42. The number of carboxylic acids is 1. The van der Waals surface area contributed by atoms with E-state index in [1.54, 1.807) is 32.2 Å². The Labute approximate surface area is 151 Å². The van der Waals surface area contributed by atoms with E-state index in [1.807, 2.05) is 6.07 Å². The standard InChI is InChI=1S/C19H22N2O5/c1-12-15(9-13-5-6-14(26-3)10-16(13)20-12)17(22)21-8-4-7-19(21,11-25-2)18(23)24/h5-6,9-10H,4,7-8,11H2,1-3H3,(H,23,24). The third-order valence-corrected chi connectivity index (χ3v) is 4.96. The van der Waals surface area contributed by atoms with Crippen molar-refractivity contribution in [3.8, 4) is 5.75 Å². The molecule has 1 N–H and O–H groups in total. The predicted octanol–water partition coefficient (Wildman–Crippen LogP) is 2.26. The molecule has 3 rings (SSSR count). The molecule has 1 unspecified atom stereocenters. The molecule has 0 spiro atoms. The molecular formula is C19H22N2O5. The molecule has 1 fully saturated rings. The highest BCUT2D eigenvalue weighted by atomic mass is 16.5. The number of fused-ring (bicyclic) bond motifs is 1. The molecule has 7 heteroatoms. The maximum Gasteiger partial charge on any atom is 0.332 e. The van der Waals surface area contributed by atoms with Crippen molar-refractivity contribution < 1.29 is 24.2 Å². The highest BCUT2D eigenvalue weighted by Crippen LogP contribution is 2.33. The second-order valence-corrected chi connectivity index (χ2v) is 6.51. The number of aromatic nitrogens is 1. The topological polar surface area (TPSA) is 89.0 Å². The van der Waals surface area contributed by atoms with E-state index < -0.39 is 11.5 Å². The highest BCUT2D eigenvalue weighted by Gasteiger charge is 2.50. The lowest BCUT2D eigenvalue weighted by molar-refractivity contribution is -0.151. The summed E-state index contributed by atoms with van der Waals surface area (Å²) in [4.78, 5) is 31.0. The molecule has 2 aromatic rings. The lowest BCUT2D eigenvalue weighted by Gasteiger charge is -2.34. The molecule has 7 nitrogen and oxygen atoms in total. The van der Waals surface area contributed by atoms with Crippen LogP contribution in [0.3, 0.4) is 0 Å². The Hall–Kier alpha value is -2.67. The number of hydrogen-bond acceptors (Lipinski definition) is 5. The molecule has 0 aliphatic carbocycles. The molecular weight excluding hydrogens is 336 g/mol. The van der Waals surface area contributed by atoms with Crippen molar-refractivity contribution in [3.05, 3.63) is 35.5 Å². The van der Waals surface area contributed by atoms with Gasteiger partial charge >= 0.3 is 5.97 Å². The van der Waals surface area contributed by atoms with Gasteiger partial charge in [0.05, 0.1) is 30.5 Å². The number of benzene rings is 1. The van der Waals surface area contributed by atoms with Gasteiger partial charge in [0.2, 0.25) is 0 Å². The zero-order valence-electron chi connectivity index (χ0n) is 15.1. The lowest BCUT2D eigenvalue weighted by Crippen LogP contribution is -2.56. The molecule has 2 heterocycles. The molecule has 1 aliphatic rings. The van der Waals surface area contributed by atoms with Crippen LogP contribution in [0.2, 0.25) is 0 Å². The molecule has 26 heavy (non-hydrogen) atoms. The largest absolute Gasteiger partial charge is 0.497 e. The van der Waals surface area contributed by atoms with Crippen LogP contribution in [0.15, 0.2) is 24.3 Å². The van der Waals surface area contributed by atoms with E-state index in [0.29, 0.717) is 36.4 Å². The summed E-state index contributed by atoms with van der Waals surface area (Å²) >= 11 is 0. The van der Waals surface area contributed by atoms with Crippen LogP contribution in [-0.4, -0.2) is 59.8 Å². The molecule has 1 aromatic carbocycles. The first kappa shape index (κ1) is 18.1. The van der Waals surface area contributed by atoms with Crippen LogP contribution < -0.4 is 4.74 Å². The first-order chi connectivity index (χ1) is 12.4. The Morgan fingerprint density at radius 1 is 1.31 bits per heavy atom. The summed E-state index contributed by atoms with van der Waals surface area (Å²) < 4.78 is 10.3. The van der Waals surface area contributed by atoms with Gasteiger partial charge in [0, 0.05) is 25.1 Å². The van der Waals surface area contributed by atoms with E-state index in [2.05, 4.69) is 4.98 Å². The second kappa shape index (κ2) is 6.92. The number of pyridine rings is 1. The van der Waals surface area contributed by atoms with E-state index in [9.17, 15) is 14.7 Å². The third kappa shape index (κ3) is 2.88. The van der Waals surface area contributed by atoms with Gasteiger partial charge in [0.15, 0.2) is 5.54 Å². The Balaban J connectivity index is 2.03. The monoisotopic (exact) mass is 358 g/mol. The third-order valence-electron chi connectivity index (χ3n) is 4.96. The second-order valence-electron chi connectivity index (χ2n) is 6.51. The van der Waals surface area contributed by atoms with Gasteiger partial charge < -0.3 is 19.5 Å². The first-order valence-electron chi connectivity index (χ1n) is 8.42. The van der Waals surface area contributed by atoms with E-state index in [0.717, 1.165) is 10.9 Å². The zero-order valence-corrected chi connectivity index (χ0v) is 15.1. The normalized spacial score (nSPS) is 19.7. The Morgan fingerprint density at radius 2 is 2.08 bits per heavy atom. The van der Waals surface area contributed by atoms with Gasteiger partial charge in [-0.15, -0.1) is 0 Å². The molecule has 0 bridgehead atoms. The quantitative estimate of drug-likeness (QED) is 0.882. The maximum atomic E-state index is 13.2. The van der Waals surface area contributed by atoms with Crippen molar-refractivity contribution in [2.24, 2.45) is 0 Å². The Morgan fingerprint density at radius 3 is 2.73 bits per heavy atom. The smallest absolute Gasteiger partial charge is 0.332 e. The minimum Gasteiger partial charge on any atom is -0.497 e. The van der Waals surface area contributed by atoms with Crippen LogP contribution >= 0.6 is 0 Å². The number of rotatable bonds is 5. The van der Waals surface area contributed by atoms with E-state index in [1.165, 1.54) is 12.0 Å². The van der Waals surface area contributed by atoms with E-state index in [-0.39, 0.29) is 12.5 Å². The summed E-state index contributed by atoms with van der Waals surface area (Å²) in [6, 6.07) is 7.20. The number of likely N-dealkylation sites (tertiary alicyclic amines) is 1. The fraction of sp³-hybridized carbons (Fsp3) is 0.421. The van der Waals surface area contributed by atoms with E-state index >= 15 is 0 Å². The molecule has 1 saturated heterocycles. The van der Waals surface area contributed by atoms with Crippen molar-refractivity contribution in [2.45, 2.75) is 25.3 Å². The van der Waals surface area contributed by atoms with Crippen molar-refractivity contribution in [2.75, 3.05) is 27.4 Å². The molecule has 1 aromatic heterocycles. The zero-order chi connectivity index (χ0) is 18.9. The Kier molecular flexibility index (Phi) is 4.82. The van der Waals surface area contributed by atoms with Crippen LogP contribution in [0.25, 0.3) is 10.9 Å². The minimum atomic E-state index is -1.33. The van der Waals surface area contributed by atoms with Gasteiger partial charge in [0.1, 0.15) is 5.75 Å². The van der Waals surface area contributed by atoms with Gasteiger partial charge in [-0.05, 0) is 38.0 Å². The number of ether oxygens (including phenoxy) is 2. The molecule has 0 saturated carbocycles. The maximum absolute atomic E-state index is 13.2. The summed E-state index contributed by atoms with van der Waals surface area (Å²) in [5.41, 5.74) is 0.361. The molecule has 0 radical (unpaired) electrons. The number of aryl methyl sites for hydroxylation is 1. The summed E-state index contributed by atoms with van der Waals surface area (Å²) in [5.74, 6) is -0.681. The minimum absolute atomic E-state index is 0.0364. The lowest BCUT2D eigenvalue weighted by atomic mass is 9.96. The van der Waals surface area contributed by atoms with E-state index in [4.69, 9.17) is 9.47 Å². The van der Waals surface area contributed by atoms with Crippen LogP contribution in [0.4, 0.5) is 0 Å². The number of carbonyl (C=O) groups is 2. The average molecular weight is 358 g/mol. The predicted molar refractivity (Wildman–Crippen MR) is 95.5 cm³/mol. The van der Waals surface area contributed by atoms with Crippen LogP contribution in [0.1, 0.15) is 28.9 Å². The molecule has 1 atom stereocenters. The number of methoxy groups -OCH3 is 2. The number of aliphatic carboxylic acids is 1. The van der Waals surface area contributed by atoms with Gasteiger partial charge in [-0.1, -0.05) is 0 Å². The van der Waals surface area contributed by atoms with Gasteiger partial charge in [-0.3, -0.25) is 9.78 Å². The van der Waals surface area contributed by atoms with Crippen molar-refractivity contribution in [1.82, 2.24) is 9.88 Å². The summed E-state index contributed by atoms with van der Waals surface area (Å²) in [6.07, 6.45) is 0.998. The SMILES string of the molecule is COCC1(C(=O)O)CCCN1C(=O)c1cc2ccc(OC)cc2nc1C. The van der Waals surface area contributed by atoms with Gasteiger partial charge in [0.25, 0.3) is 5.91 Å². The van der Waals surface area contributed by atoms with Crippen molar-refractivity contribution >= 4 is 22.8 Å². The number of carboxylic acid groups (broad SMARTS) is 1. The van der Waals surface area contributed by atoms with Crippen LogP contribution in [0, 0.1) is 6.92 Å². The van der Waals surface area contributed by atoms with Crippen molar-refractivity contribution in [3.63, 3.8) is 0 Å². The molecule has 1 amide bonds. The Bertz CT molecular complexity index is 866. The summed E-state index contributed by atoms with van der Waals surface area (Å²) in [6.45, 7) is 2.10. The number of carbonyl (C=O) groups excluding carboxylic acids is 1. The number of hydrogen-bond donors (Lipinski definition) is 1. The number of amides is 1. The van der Waals surface area contributed by atoms with Crippen LogP contribution in [-0.2, 0) is 9.53 Å². The fourth-order valence-corrected chi connectivity index (χ4v) is 3.58. The summed E-state index contributed by atoms with van der Waals surface area (Å²) in [5, 5.41) is 10.6. The fourth-order valence-electron chi connectivity index (χ4n) is 3.58. The summed E-state index contributed by atoms with van der Waals surface area (Å²) in [7, 11) is 3.03. The average Bonchev–Trinajstić information content (AvgIpc) is 3.05. The van der Waals surface area contributed by atoms with Gasteiger partial charge in [-0.2, -0.15) is 0 Å². The molecule has 1 aliphatic heterocycles. The van der Waals surface area contributed by atoms with Gasteiger partial charge in [-0.25, -0.2) is 4.79 Å². The highest BCUT2D eigenvalue weighted by molar-refractivity contribution is 6.01. The van der Waals surface area contributed by atoms with Crippen molar-refractivity contribution in [1.29, 1.82) is 0 Å². The number of nitrogens with zero attached hydrogens (tertiary/aromatic N) is 2. The van der Waals surface area contributed by atoms with Crippen LogP contribution in [0.5, 0.6) is 5.75 Å². The molecule has 138 valence electrons.